The summed E-state index contributed by atoms with van der Waals surface area (Å²) in [6.07, 6.45) is 5.89. The van der Waals surface area contributed by atoms with Crippen LogP contribution < -0.4 is 5.73 Å². The van der Waals surface area contributed by atoms with E-state index in [2.05, 4.69) is 16.5 Å². The van der Waals surface area contributed by atoms with Gasteiger partial charge in [-0.25, -0.2) is 4.98 Å². The predicted molar refractivity (Wildman–Crippen MR) is 76.1 cm³/mol. The van der Waals surface area contributed by atoms with Crippen LogP contribution in [0.2, 0.25) is 0 Å². The van der Waals surface area contributed by atoms with Gasteiger partial charge in [-0.1, -0.05) is 0 Å². The minimum Gasteiger partial charge on any atom is -0.383 e. The molecule has 0 bridgehead atoms. The van der Waals surface area contributed by atoms with E-state index in [0.717, 1.165) is 25.1 Å². The van der Waals surface area contributed by atoms with Crippen LogP contribution in [0.3, 0.4) is 0 Å². The summed E-state index contributed by atoms with van der Waals surface area (Å²) in [7, 11) is 1.65. The number of amides is 1. The molecule has 6 nitrogen and oxygen atoms in total. The first-order valence-corrected chi connectivity index (χ1v) is 7.23. The van der Waals surface area contributed by atoms with Crippen LogP contribution in [-0.2, 0) is 16.1 Å². The predicted octanol–water partition coefficient (Wildman–Crippen LogP) is 0.930. The molecule has 6 heteroatoms. The molecular formula is C14H24N4O2. The number of nitrogens with zero attached hydrogens (tertiary/aromatic N) is 3. The molecule has 0 aromatic carbocycles. The Hall–Kier alpha value is -1.40. The number of imidazole rings is 1. The molecule has 1 aromatic heterocycles. The maximum atomic E-state index is 12.4. The molecule has 0 aliphatic carbocycles. The summed E-state index contributed by atoms with van der Waals surface area (Å²) < 4.78 is 7.19. The van der Waals surface area contributed by atoms with Gasteiger partial charge in [0.25, 0.3) is 0 Å². The van der Waals surface area contributed by atoms with Crippen molar-refractivity contribution < 1.29 is 9.53 Å². The second-order valence-electron chi connectivity index (χ2n) is 5.19. The number of nitrogens with two attached hydrogens (primary N) is 1. The van der Waals surface area contributed by atoms with Crippen molar-refractivity contribution in [1.82, 2.24) is 14.5 Å². The first kappa shape index (κ1) is 15.0. The number of carbonyl (C=O) groups excluding carboxylic acids is 1. The van der Waals surface area contributed by atoms with E-state index in [1.807, 2.05) is 11.1 Å². The molecule has 1 aliphatic heterocycles. The Labute approximate surface area is 119 Å². The van der Waals surface area contributed by atoms with E-state index in [0.29, 0.717) is 19.6 Å². The van der Waals surface area contributed by atoms with Gasteiger partial charge in [0.15, 0.2) is 0 Å². The average Bonchev–Trinajstić information content (AvgIpc) is 2.85. The zero-order valence-corrected chi connectivity index (χ0v) is 12.3. The van der Waals surface area contributed by atoms with Crippen LogP contribution in [0.1, 0.15) is 37.9 Å². The fraction of sp³-hybridized carbons (Fsp3) is 0.714. The summed E-state index contributed by atoms with van der Waals surface area (Å²) in [6, 6.07) is -0.164. The maximum Gasteiger partial charge on any atom is 0.223 e. The van der Waals surface area contributed by atoms with Gasteiger partial charge >= 0.3 is 0 Å². The molecule has 2 rings (SSSR count). The Morgan fingerprint density at radius 1 is 1.55 bits per heavy atom. The molecule has 1 amide bonds. The van der Waals surface area contributed by atoms with Crippen LogP contribution in [0.25, 0.3) is 0 Å². The van der Waals surface area contributed by atoms with Crippen molar-refractivity contribution in [3.8, 4) is 0 Å². The maximum absolute atomic E-state index is 12.4. The van der Waals surface area contributed by atoms with Crippen LogP contribution in [0.4, 0.5) is 0 Å². The standard InChI is InChI=1S/C14H24N4O2/c1-3-17-10-16-9-12(17)14-11(15)5-4-6-13(19)18(14)7-8-20-2/h9-11,14H,3-8,15H2,1-2H3. The summed E-state index contributed by atoms with van der Waals surface area (Å²) in [4.78, 5) is 18.4. The molecule has 20 heavy (non-hydrogen) atoms. The Balaban J connectivity index is 2.33. The van der Waals surface area contributed by atoms with Crippen LogP contribution >= 0.6 is 0 Å². The number of likely N-dealkylation sites (tertiary alicyclic amines) is 1. The lowest BCUT2D eigenvalue weighted by molar-refractivity contribution is -0.134. The molecule has 2 N–H and O–H groups in total. The highest BCUT2D eigenvalue weighted by molar-refractivity contribution is 5.77. The van der Waals surface area contributed by atoms with Gasteiger partial charge < -0.3 is 19.9 Å². The van der Waals surface area contributed by atoms with Crippen LogP contribution in [0.15, 0.2) is 12.5 Å². The van der Waals surface area contributed by atoms with Crippen molar-refractivity contribution in [2.45, 2.75) is 44.8 Å². The van der Waals surface area contributed by atoms with Gasteiger partial charge in [0.05, 0.1) is 30.9 Å². The molecule has 1 saturated heterocycles. The number of aryl methyl sites for hydroxylation is 1. The molecular weight excluding hydrogens is 256 g/mol. The van der Waals surface area contributed by atoms with Crippen molar-refractivity contribution in [2.75, 3.05) is 20.3 Å². The minimum atomic E-state index is -0.109. The van der Waals surface area contributed by atoms with Gasteiger partial charge in [-0.2, -0.15) is 0 Å². The SMILES string of the molecule is CCn1cncc1C1C(N)CCCC(=O)N1CCOC. The largest absolute Gasteiger partial charge is 0.383 e. The fourth-order valence-corrected chi connectivity index (χ4v) is 2.85. The van der Waals surface area contributed by atoms with Crippen molar-refractivity contribution >= 4 is 5.91 Å². The quantitative estimate of drug-likeness (QED) is 0.871. The average molecular weight is 280 g/mol. The van der Waals surface area contributed by atoms with Crippen molar-refractivity contribution in [1.29, 1.82) is 0 Å². The van der Waals surface area contributed by atoms with Crippen molar-refractivity contribution in [2.24, 2.45) is 5.73 Å². The Morgan fingerprint density at radius 3 is 3.05 bits per heavy atom. The Kier molecular flexibility index (Phi) is 5.14. The topological polar surface area (TPSA) is 73.4 Å². The third kappa shape index (κ3) is 3.02. The number of aromatic nitrogens is 2. The number of ether oxygens (including phenoxy) is 1. The number of methoxy groups -OCH3 is 1. The third-order valence-electron chi connectivity index (χ3n) is 3.91. The molecule has 1 aromatic rings. The van der Waals surface area contributed by atoms with Gasteiger partial charge in [-0.15, -0.1) is 0 Å². The van der Waals surface area contributed by atoms with Gasteiger partial charge in [0.1, 0.15) is 0 Å². The van der Waals surface area contributed by atoms with Crippen molar-refractivity contribution in [3.05, 3.63) is 18.2 Å². The van der Waals surface area contributed by atoms with E-state index < -0.39 is 0 Å². The molecule has 112 valence electrons. The summed E-state index contributed by atoms with van der Waals surface area (Å²) in [6.45, 7) is 3.98. The second kappa shape index (κ2) is 6.85. The molecule has 2 atom stereocenters. The molecule has 2 unspecified atom stereocenters. The number of rotatable bonds is 5. The van der Waals surface area contributed by atoms with E-state index >= 15 is 0 Å². The van der Waals surface area contributed by atoms with Crippen molar-refractivity contribution in [3.63, 3.8) is 0 Å². The monoisotopic (exact) mass is 280 g/mol. The summed E-state index contributed by atoms with van der Waals surface area (Å²) in [5.41, 5.74) is 7.36. The summed E-state index contributed by atoms with van der Waals surface area (Å²) in [5.74, 6) is 0.156. The molecule has 0 spiro atoms. The zero-order chi connectivity index (χ0) is 14.5. The molecule has 0 saturated carbocycles. The normalized spacial score (nSPS) is 23.9. The number of carbonyl (C=O) groups is 1. The second-order valence-corrected chi connectivity index (χ2v) is 5.19. The van der Waals surface area contributed by atoms with Gasteiger partial charge in [-0.05, 0) is 19.8 Å². The number of hydrogen-bond donors (Lipinski definition) is 1. The minimum absolute atomic E-state index is 0.0553. The Morgan fingerprint density at radius 2 is 2.35 bits per heavy atom. The van der Waals surface area contributed by atoms with E-state index in [1.165, 1.54) is 0 Å². The third-order valence-corrected chi connectivity index (χ3v) is 3.91. The zero-order valence-electron chi connectivity index (χ0n) is 12.3. The molecule has 0 radical (unpaired) electrons. The molecule has 2 heterocycles. The van der Waals surface area contributed by atoms with Gasteiger partial charge in [0, 0.05) is 32.7 Å². The lowest BCUT2D eigenvalue weighted by Gasteiger charge is -2.33. The van der Waals surface area contributed by atoms with Crippen LogP contribution in [0.5, 0.6) is 0 Å². The van der Waals surface area contributed by atoms with E-state index in [9.17, 15) is 4.79 Å². The highest BCUT2D eigenvalue weighted by Crippen LogP contribution is 2.29. The first-order chi connectivity index (χ1) is 9.69. The molecule has 1 aliphatic rings. The van der Waals surface area contributed by atoms with Crippen LogP contribution in [-0.4, -0.2) is 46.7 Å². The first-order valence-electron chi connectivity index (χ1n) is 7.23. The highest BCUT2D eigenvalue weighted by atomic mass is 16.5. The van der Waals surface area contributed by atoms with E-state index in [4.69, 9.17) is 10.5 Å². The van der Waals surface area contributed by atoms with Gasteiger partial charge in [0.2, 0.25) is 5.91 Å². The fourth-order valence-electron chi connectivity index (χ4n) is 2.85. The van der Waals surface area contributed by atoms with E-state index in [1.54, 1.807) is 13.4 Å². The van der Waals surface area contributed by atoms with E-state index in [-0.39, 0.29) is 18.0 Å². The lowest BCUT2D eigenvalue weighted by atomic mass is 10.0. The van der Waals surface area contributed by atoms with Crippen LogP contribution in [0, 0.1) is 0 Å². The van der Waals surface area contributed by atoms with Gasteiger partial charge in [-0.3, -0.25) is 4.79 Å². The smallest absolute Gasteiger partial charge is 0.223 e. The summed E-state index contributed by atoms with van der Waals surface area (Å²) >= 11 is 0. The Bertz CT molecular complexity index is 446. The molecule has 1 fully saturated rings. The summed E-state index contributed by atoms with van der Waals surface area (Å²) in [5, 5.41) is 0. The number of hydrogen-bond acceptors (Lipinski definition) is 4. The highest BCUT2D eigenvalue weighted by Gasteiger charge is 2.34. The lowest BCUT2D eigenvalue weighted by Crippen LogP contribution is -2.44.